The molecule has 4 aromatic rings. The predicted molar refractivity (Wildman–Crippen MR) is 193 cm³/mol. The Morgan fingerprint density at radius 3 is 2.49 bits per heavy atom. The van der Waals surface area contributed by atoms with Gasteiger partial charge in [-0.15, -0.1) is 11.3 Å². The van der Waals surface area contributed by atoms with E-state index in [4.69, 9.17) is 14.5 Å². The third-order valence-electron chi connectivity index (χ3n) is 8.42. The van der Waals surface area contributed by atoms with Gasteiger partial charge >= 0.3 is 0 Å². The highest BCUT2D eigenvalue weighted by molar-refractivity contribution is 7.17. The van der Waals surface area contributed by atoms with Crippen molar-refractivity contribution in [2.24, 2.45) is 5.41 Å². The van der Waals surface area contributed by atoms with E-state index in [-0.39, 0.29) is 17.7 Å². The van der Waals surface area contributed by atoms with Crippen molar-refractivity contribution in [1.82, 2.24) is 25.5 Å². The van der Waals surface area contributed by atoms with E-state index in [1.807, 2.05) is 56.5 Å². The van der Waals surface area contributed by atoms with E-state index in [1.54, 1.807) is 44.2 Å². The highest BCUT2D eigenvalue weighted by atomic mass is 32.1. The number of carbonyl (C=O) groups excluding carboxylic acids is 3. The Morgan fingerprint density at radius 2 is 1.78 bits per heavy atom. The second-order valence-electron chi connectivity index (χ2n) is 12.9. The Hall–Kier alpha value is -4.95. The van der Waals surface area contributed by atoms with Crippen molar-refractivity contribution in [2.45, 2.75) is 58.7 Å². The Morgan fingerprint density at radius 1 is 1.00 bits per heavy atom. The summed E-state index contributed by atoms with van der Waals surface area (Å²) >= 11 is 1.54. The van der Waals surface area contributed by atoms with Crippen molar-refractivity contribution in [3.05, 3.63) is 53.9 Å². The van der Waals surface area contributed by atoms with Crippen molar-refractivity contribution in [1.29, 1.82) is 0 Å². The van der Waals surface area contributed by atoms with Crippen LogP contribution in [-0.2, 0) is 14.4 Å². The molecule has 49 heavy (non-hydrogen) atoms. The Kier molecular flexibility index (Phi) is 10.9. The standard InChI is InChI=1S/C35H44N8O5S/c1-20(36-5)31(44)41-29(35(2,3)4)33(46)43-16-9-12-26(43)32(45)39-24-14-13-22(19-27(24)48-7)38-34-40-25-15-17-49-28(25)30(42-34)37-21-10-8-11-23(18-21)47-6/h8,10-11,13-15,17-20,26,29,36H,9,12,16H2,1-7H3,(H,39,45)(H,41,44)(H2,37,38,40,42)/t20-,26+,29+/m0/s1. The zero-order valence-electron chi connectivity index (χ0n) is 28.8. The molecule has 0 aliphatic carbocycles. The van der Waals surface area contributed by atoms with Gasteiger partial charge < -0.3 is 41.0 Å². The number of fused-ring (bicyclic) bond motifs is 1. The maximum atomic E-state index is 13.8. The van der Waals surface area contributed by atoms with Gasteiger partial charge in [0, 0.05) is 30.1 Å². The number of thiophene rings is 1. The molecule has 1 aliphatic rings. The normalized spacial score (nSPS) is 15.7. The highest BCUT2D eigenvalue weighted by Gasteiger charge is 2.42. The fourth-order valence-corrected chi connectivity index (χ4v) is 6.35. The smallest absolute Gasteiger partial charge is 0.247 e. The number of methoxy groups -OCH3 is 2. The van der Waals surface area contributed by atoms with Gasteiger partial charge in [-0.3, -0.25) is 14.4 Å². The monoisotopic (exact) mass is 688 g/mol. The number of nitrogens with one attached hydrogen (secondary N) is 5. The maximum absolute atomic E-state index is 13.8. The molecule has 14 heteroatoms. The summed E-state index contributed by atoms with van der Waals surface area (Å²) in [6.07, 6.45) is 1.18. The first-order valence-electron chi connectivity index (χ1n) is 16.1. The van der Waals surface area contributed by atoms with Gasteiger partial charge in [-0.25, -0.2) is 4.98 Å². The number of ether oxygens (including phenoxy) is 2. The number of hydrogen-bond acceptors (Lipinski definition) is 11. The van der Waals surface area contributed by atoms with Gasteiger partial charge in [0.25, 0.3) is 0 Å². The van der Waals surface area contributed by atoms with Crippen LogP contribution in [0.25, 0.3) is 10.2 Å². The van der Waals surface area contributed by atoms with Crippen molar-refractivity contribution in [3.63, 3.8) is 0 Å². The number of aromatic nitrogens is 2. The third-order valence-corrected chi connectivity index (χ3v) is 9.33. The number of rotatable bonds is 12. The van der Waals surface area contributed by atoms with Gasteiger partial charge in [0.15, 0.2) is 5.82 Å². The summed E-state index contributed by atoms with van der Waals surface area (Å²) < 4.78 is 11.9. The van der Waals surface area contributed by atoms with Crippen molar-refractivity contribution in [3.8, 4) is 11.5 Å². The first-order valence-corrected chi connectivity index (χ1v) is 17.0. The fourth-order valence-electron chi connectivity index (χ4n) is 5.57. The van der Waals surface area contributed by atoms with Crippen LogP contribution in [0, 0.1) is 5.41 Å². The molecule has 0 radical (unpaired) electrons. The minimum atomic E-state index is -0.800. The largest absolute Gasteiger partial charge is 0.497 e. The predicted octanol–water partition coefficient (Wildman–Crippen LogP) is 5.26. The molecule has 0 bridgehead atoms. The second-order valence-corrected chi connectivity index (χ2v) is 13.8. The number of likely N-dealkylation sites (N-methyl/N-ethyl adjacent to an activating group) is 1. The average molecular weight is 689 g/mol. The van der Waals surface area contributed by atoms with E-state index in [9.17, 15) is 14.4 Å². The van der Waals surface area contributed by atoms with Gasteiger partial charge in [0.2, 0.25) is 23.7 Å². The number of amides is 3. The van der Waals surface area contributed by atoms with Crippen LogP contribution in [0.15, 0.2) is 53.9 Å². The van der Waals surface area contributed by atoms with Crippen molar-refractivity contribution >= 4 is 68.1 Å². The Balaban J connectivity index is 1.31. The molecular weight excluding hydrogens is 645 g/mol. The summed E-state index contributed by atoms with van der Waals surface area (Å²) in [5, 5.41) is 17.3. The molecule has 3 heterocycles. The summed E-state index contributed by atoms with van der Waals surface area (Å²) in [5.41, 5.74) is 2.14. The van der Waals surface area contributed by atoms with E-state index in [0.29, 0.717) is 48.3 Å². The summed E-state index contributed by atoms with van der Waals surface area (Å²) in [5.74, 6) is 1.28. The first-order chi connectivity index (χ1) is 23.4. The molecule has 0 saturated carbocycles. The molecule has 5 N–H and O–H groups in total. The summed E-state index contributed by atoms with van der Waals surface area (Å²) in [6, 6.07) is 12.8. The van der Waals surface area contributed by atoms with Crippen LogP contribution in [0.3, 0.4) is 0 Å². The summed E-state index contributed by atoms with van der Waals surface area (Å²) in [6.45, 7) is 7.84. The van der Waals surface area contributed by atoms with Crippen LogP contribution in [0.4, 0.5) is 28.8 Å². The van der Waals surface area contributed by atoms with E-state index in [0.717, 1.165) is 21.7 Å². The molecule has 2 aromatic carbocycles. The number of carbonyl (C=O) groups is 3. The number of anilines is 5. The number of hydrogen-bond donors (Lipinski definition) is 5. The molecule has 1 aliphatic heterocycles. The topological polar surface area (TPSA) is 159 Å². The highest BCUT2D eigenvalue weighted by Crippen LogP contribution is 2.34. The van der Waals surface area contributed by atoms with Crippen LogP contribution in [0.2, 0.25) is 0 Å². The van der Waals surface area contributed by atoms with Crippen LogP contribution in [0.1, 0.15) is 40.5 Å². The van der Waals surface area contributed by atoms with Gasteiger partial charge in [-0.05, 0) is 67.9 Å². The number of nitrogens with zero attached hydrogens (tertiary/aromatic N) is 3. The lowest BCUT2D eigenvalue weighted by atomic mass is 9.85. The van der Waals surface area contributed by atoms with E-state index in [2.05, 4.69) is 31.6 Å². The van der Waals surface area contributed by atoms with Crippen LogP contribution in [0.5, 0.6) is 11.5 Å². The zero-order chi connectivity index (χ0) is 35.3. The number of benzene rings is 2. The van der Waals surface area contributed by atoms with E-state index >= 15 is 0 Å². The van der Waals surface area contributed by atoms with E-state index in [1.165, 1.54) is 18.4 Å². The summed E-state index contributed by atoms with van der Waals surface area (Å²) in [4.78, 5) is 51.2. The molecule has 1 fully saturated rings. The SMILES string of the molecule is CN[C@@H](C)C(=O)N[C@H](C(=O)N1CCC[C@@H]1C(=O)Nc1ccc(Nc2nc(Nc3cccc(OC)c3)c3sccc3n2)cc1OC)C(C)(C)C. The zero-order valence-corrected chi connectivity index (χ0v) is 29.7. The van der Waals surface area contributed by atoms with Gasteiger partial charge in [0.1, 0.15) is 23.6 Å². The quantitative estimate of drug-likeness (QED) is 0.133. The van der Waals surface area contributed by atoms with Crippen LogP contribution < -0.4 is 36.1 Å². The van der Waals surface area contributed by atoms with Gasteiger partial charge in [0.05, 0.1) is 36.2 Å². The van der Waals surface area contributed by atoms with Crippen LogP contribution in [-0.4, -0.2) is 78.5 Å². The average Bonchev–Trinajstić information content (AvgIpc) is 3.77. The molecule has 0 unspecified atom stereocenters. The maximum Gasteiger partial charge on any atom is 0.247 e. The molecule has 3 atom stereocenters. The molecule has 0 spiro atoms. The molecule has 5 rings (SSSR count). The molecule has 1 saturated heterocycles. The molecular formula is C35H44N8O5S. The Labute approximate surface area is 290 Å². The minimum absolute atomic E-state index is 0.278. The molecule has 260 valence electrons. The Bertz CT molecular complexity index is 1820. The molecule has 13 nitrogen and oxygen atoms in total. The summed E-state index contributed by atoms with van der Waals surface area (Å²) in [7, 11) is 4.83. The molecule has 2 aromatic heterocycles. The van der Waals surface area contributed by atoms with Crippen LogP contribution >= 0.6 is 11.3 Å². The minimum Gasteiger partial charge on any atom is -0.497 e. The van der Waals surface area contributed by atoms with Gasteiger partial charge in [-0.2, -0.15) is 4.98 Å². The van der Waals surface area contributed by atoms with Crippen molar-refractivity contribution < 1.29 is 23.9 Å². The number of likely N-dealkylation sites (tertiary alicyclic amines) is 1. The second kappa shape index (κ2) is 15.1. The lowest BCUT2D eigenvalue weighted by Gasteiger charge is -2.36. The third kappa shape index (κ3) is 8.20. The lowest BCUT2D eigenvalue weighted by Crippen LogP contribution is -2.59. The lowest BCUT2D eigenvalue weighted by molar-refractivity contribution is -0.143. The molecule has 3 amide bonds. The first kappa shape index (κ1) is 35.4. The van der Waals surface area contributed by atoms with Gasteiger partial charge in [-0.1, -0.05) is 26.8 Å². The van der Waals surface area contributed by atoms with E-state index < -0.39 is 23.5 Å². The van der Waals surface area contributed by atoms with Crippen molar-refractivity contribution in [2.75, 3.05) is 43.8 Å². The fraction of sp³-hybridized carbons (Fsp3) is 0.400.